The molecular weight excluding hydrogens is 256 g/mol. The molecule has 2 aromatic rings. The molecule has 0 atom stereocenters. The summed E-state index contributed by atoms with van der Waals surface area (Å²) < 4.78 is 10.4. The molecule has 2 rings (SSSR count). The normalized spacial score (nSPS) is 9.90. The van der Waals surface area contributed by atoms with Crippen LogP contribution in [0, 0.1) is 0 Å². The molecule has 0 spiro atoms. The number of amides is 1. The molecule has 0 radical (unpaired) electrons. The van der Waals surface area contributed by atoms with Crippen molar-refractivity contribution < 1.29 is 14.3 Å². The molecule has 5 heteroatoms. The summed E-state index contributed by atoms with van der Waals surface area (Å²) in [6.45, 7) is 0.343. The second-order valence-electron chi connectivity index (χ2n) is 4.08. The maximum absolute atomic E-state index is 11.9. The Morgan fingerprint density at radius 3 is 2.70 bits per heavy atom. The van der Waals surface area contributed by atoms with Gasteiger partial charge in [-0.2, -0.15) is 0 Å². The van der Waals surface area contributed by atoms with E-state index in [0.29, 0.717) is 23.7 Å². The number of nitrogens with one attached hydrogen (secondary N) is 1. The molecule has 0 saturated carbocycles. The van der Waals surface area contributed by atoms with Crippen LogP contribution in [0.3, 0.4) is 0 Å². The van der Waals surface area contributed by atoms with Crippen molar-refractivity contribution in [3.8, 4) is 11.5 Å². The van der Waals surface area contributed by atoms with E-state index >= 15 is 0 Å². The molecular formula is C15H16N2O3. The molecule has 0 bridgehead atoms. The lowest BCUT2D eigenvalue weighted by Gasteiger charge is -2.11. The Bertz CT molecular complexity index is 585. The monoisotopic (exact) mass is 272 g/mol. The van der Waals surface area contributed by atoms with Crippen LogP contribution in [0.15, 0.2) is 42.6 Å². The van der Waals surface area contributed by atoms with Crippen molar-refractivity contribution >= 4 is 5.91 Å². The van der Waals surface area contributed by atoms with E-state index in [4.69, 9.17) is 9.47 Å². The van der Waals surface area contributed by atoms with Crippen molar-refractivity contribution in [1.29, 1.82) is 0 Å². The van der Waals surface area contributed by atoms with Crippen LogP contribution in [-0.4, -0.2) is 25.1 Å². The third-order valence-electron chi connectivity index (χ3n) is 2.82. The molecule has 0 aliphatic rings. The van der Waals surface area contributed by atoms with Crippen molar-refractivity contribution in [3.63, 3.8) is 0 Å². The van der Waals surface area contributed by atoms with Crippen LogP contribution in [0.2, 0.25) is 0 Å². The zero-order valence-electron chi connectivity index (χ0n) is 11.4. The number of carbonyl (C=O) groups excluding carboxylic acids is 1. The second-order valence-corrected chi connectivity index (χ2v) is 4.08. The van der Waals surface area contributed by atoms with Crippen LogP contribution in [0.5, 0.6) is 11.5 Å². The van der Waals surface area contributed by atoms with Gasteiger partial charge in [-0.15, -0.1) is 0 Å². The quantitative estimate of drug-likeness (QED) is 0.904. The van der Waals surface area contributed by atoms with Gasteiger partial charge in [0.2, 0.25) is 0 Å². The van der Waals surface area contributed by atoms with E-state index in [9.17, 15) is 4.79 Å². The largest absolute Gasteiger partial charge is 0.497 e. The zero-order chi connectivity index (χ0) is 14.4. The molecule has 104 valence electrons. The number of ether oxygens (including phenoxy) is 2. The van der Waals surface area contributed by atoms with Crippen LogP contribution >= 0.6 is 0 Å². The SMILES string of the molecule is COc1ccc(OC)c(CNC(=O)c2ccccn2)c1. The van der Waals surface area contributed by atoms with Crippen molar-refractivity contribution in [3.05, 3.63) is 53.9 Å². The van der Waals surface area contributed by atoms with E-state index < -0.39 is 0 Å². The number of hydrogen-bond acceptors (Lipinski definition) is 4. The minimum atomic E-state index is -0.226. The Hall–Kier alpha value is -2.56. The molecule has 1 aromatic heterocycles. The van der Waals surface area contributed by atoms with Crippen LogP contribution in [0.25, 0.3) is 0 Å². The Kier molecular flexibility index (Phi) is 4.55. The highest BCUT2D eigenvalue weighted by atomic mass is 16.5. The van der Waals surface area contributed by atoms with Crippen LogP contribution in [0.1, 0.15) is 16.1 Å². The lowest BCUT2D eigenvalue weighted by molar-refractivity contribution is 0.0945. The Balaban J connectivity index is 2.08. The molecule has 0 fully saturated rings. The van der Waals surface area contributed by atoms with Crippen molar-refractivity contribution in [1.82, 2.24) is 10.3 Å². The van der Waals surface area contributed by atoms with Crippen LogP contribution in [-0.2, 0) is 6.54 Å². The average molecular weight is 272 g/mol. The summed E-state index contributed by atoms with van der Waals surface area (Å²) >= 11 is 0. The summed E-state index contributed by atoms with van der Waals surface area (Å²) in [5.74, 6) is 1.19. The first-order chi connectivity index (χ1) is 9.74. The van der Waals surface area contributed by atoms with Gasteiger partial charge in [-0.05, 0) is 30.3 Å². The van der Waals surface area contributed by atoms with Crippen LogP contribution in [0.4, 0.5) is 0 Å². The third-order valence-corrected chi connectivity index (χ3v) is 2.82. The summed E-state index contributed by atoms with van der Waals surface area (Å²) in [6.07, 6.45) is 1.58. The summed E-state index contributed by atoms with van der Waals surface area (Å²) in [5, 5.41) is 2.80. The maximum Gasteiger partial charge on any atom is 0.270 e. The Morgan fingerprint density at radius 2 is 2.05 bits per heavy atom. The lowest BCUT2D eigenvalue weighted by atomic mass is 10.2. The van der Waals surface area contributed by atoms with Gasteiger partial charge in [-0.1, -0.05) is 6.07 Å². The average Bonchev–Trinajstić information content (AvgIpc) is 2.53. The smallest absolute Gasteiger partial charge is 0.270 e. The Labute approximate surface area is 117 Å². The molecule has 1 N–H and O–H groups in total. The minimum Gasteiger partial charge on any atom is -0.497 e. The molecule has 0 aliphatic heterocycles. The molecule has 1 heterocycles. The highest BCUT2D eigenvalue weighted by molar-refractivity contribution is 5.92. The predicted molar refractivity (Wildman–Crippen MR) is 75.0 cm³/mol. The fourth-order valence-electron chi connectivity index (χ4n) is 1.78. The van der Waals surface area contributed by atoms with E-state index in [-0.39, 0.29) is 5.91 Å². The predicted octanol–water partition coefficient (Wildman–Crippen LogP) is 2.03. The molecule has 20 heavy (non-hydrogen) atoms. The van der Waals surface area contributed by atoms with Crippen molar-refractivity contribution in [2.24, 2.45) is 0 Å². The topological polar surface area (TPSA) is 60.5 Å². The number of methoxy groups -OCH3 is 2. The van der Waals surface area contributed by atoms with E-state index in [1.807, 2.05) is 12.1 Å². The number of carbonyl (C=O) groups is 1. The van der Waals surface area contributed by atoms with Gasteiger partial charge in [-0.25, -0.2) is 0 Å². The van der Waals surface area contributed by atoms with E-state index in [0.717, 1.165) is 5.56 Å². The summed E-state index contributed by atoms with van der Waals surface area (Å²) in [5.41, 5.74) is 1.23. The first kappa shape index (κ1) is 13.9. The van der Waals surface area contributed by atoms with Gasteiger partial charge < -0.3 is 14.8 Å². The lowest BCUT2D eigenvalue weighted by Crippen LogP contribution is -2.23. The number of rotatable bonds is 5. The van der Waals surface area contributed by atoms with Gasteiger partial charge >= 0.3 is 0 Å². The first-order valence-electron chi connectivity index (χ1n) is 6.14. The fraction of sp³-hybridized carbons (Fsp3) is 0.200. The molecule has 0 unspecified atom stereocenters. The van der Waals surface area contributed by atoms with E-state index in [1.54, 1.807) is 44.7 Å². The molecule has 1 amide bonds. The molecule has 1 aromatic carbocycles. The highest BCUT2D eigenvalue weighted by Crippen LogP contribution is 2.23. The Morgan fingerprint density at radius 1 is 1.20 bits per heavy atom. The van der Waals surface area contributed by atoms with Crippen LogP contribution < -0.4 is 14.8 Å². The summed E-state index contributed by atoms with van der Waals surface area (Å²) in [7, 11) is 3.18. The molecule has 0 saturated heterocycles. The van der Waals surface area contributed by atoms with Gasteiger partial charge in [0.25, 0.3) is 5.91 Å². The highest BCUT2D eigenvalue weighted by Gasteiger charge is 2.09. The van der Waals surface area contributed by atoms with E-state index in [1.165, 1.54) is 0 Å². The number of hydrogen-bond donors (Lipinski definition) is 1. The van der Waals surface area contributed by atoms with Gasteiger partial charge in [-0.3, -0.25) is 9.78 Å². The summed E-state index contributed by atoms with van der Waals surface area (Å²) in [6, 6.07) is 10.6. The molecule has 0 aliphatic carbocycles. The maximum atomic E-state index is 11.9. The number of benzene rings is 1. The standard InChI is InChI=1S/C15H16N2O3/c1-19-12-6-7-14(20-2)11(9-12)10-17-15(18)13-5-3-4-8-16-13/h3-9H,10H2,1-2H3,(H,17,18). The van der Waals surface area contributed by atoms with E-state index in [2.05, 4.69) is 10.3 Å². The van der Waals surface area contributed by atoms with Gasteiger partial charge in [0.1, 0.15) is 17.2 Å². The number of nitrogens with zero attached hydrogens (tertiary/aromatic N) is 1. The van der Waals surface area contributed by atoms with Gasteiger partial charge in [0.05, 0.1) is 14.2 Å². The van der Waals surface area contributed by atoms with Gasteiger partial charge in [0.15, 0.2) is 0 Å². The van der Waals surface area contributed by atoms with Crippen molar-refractivity contribution in [2.45, 2.75) is 6.54 Å². The summed E-state index contributed by atoms with van der Waals surface area (Å²) in [4.78, 5) is 15.9. The second kappa shape index (κ2) is 6.56. The number of aromatic nitrogens is 1. The van der Waals surface area contributed by atoms with Crippen molar-refractivity contribution in [2.75, 3.05) is 14.2 Å². The minimum absolute atomic E-state index is 0.226. The zero-order valence-corrected chi connectivity index (χ0v) is 11.4. The fourth-order valence-corrected chi connectivity index (χ4v) is 1.78. The first-order valence-corrected chi connectivity index (χ1v) is 6.14. The molecule has 5 nitrogen and oxygen atoms in total. The van der Waals surface area contributed by atoms with Gasteiger partial charge in [0, 0.05) is 18.3 Å². The third kappa shape index (κ3) is 3.26. The number of pyridine rings is 1.